The van der Waals surface area contributed by atoms with E-state index < -0.39 is 54.5 Å². The van der Waals surface area contributed by atoms with Gasteiger partial charge in [0.2, 0.25) is 17.7 Å². The van der Waals surface area contributed by atoms with Crippen molar-refractivity contribution in [1.82, 2.24) is 25.9 Å². The summed E-state index contributed by atoms with van der Waals surface area (Å²) in [6, 6.07) is -4.55. The average molecular weight is 426 g/mol. The van der Waals surface area contributed by atoms with Crippen molar-refractivity contribution in [1.29, 1.82) is 0 Å². The van der Waals surface area contributed by atoms with Gasteiger partial charge in [0.25, 0.3) is 0 Å². The van der Waals surface area contributed by atoms with Crippen LogP contribution in [0.25, 0.3) is 0 Å². The lowest BCUT2D eigenvalue weighted by atomic mass is 9.99. The monoisotopic (exact) mass is 426 g/mol. The summed E-state index contributed by atoms with van der Waals surface area (Å²) >= 11 is 0. The van der Waals surface area contributed by atoms with Crippen LogP contribution in [0.4, 0.5) is 0 Å². The number of nitrogens with one attached hydrogen (secondary N) is 4. The van der Waals surface area contributed by atoms with E-state index in [2.05, 4.69) is 25.9 Å². The largest absolute Gasteiger partial charge is 0.480 e. The van der Waals surface area contributed by atoms with Gasteiger partial charge in [-0.25, -0.2) is 9.78 Å². The lowest BCUT2D eigenvalue weighted by molar-refractivity contribution is -0.144. The van der Waals surface area contributed by atoms with E-state index in [1.165, 1.54) is 19.4 Å². The van der Waals surface area contributed by atoms with Crippen LogP contribution in [0.3, 0.4) is 0 Å². The van der Waals surface area contributed by atoms with E-state index >= 15 is 0 Å². The van der Waals surface area contributed by atoms with Gasteiger partial charge in [0, 0.05) is 18.3 Å². The number of rotatable bonds is 12. The summed E-state index contributed by atoms with van der Waals surface area (Å²) < 4.78 is 0. The number of aliphatic hydroxyl groups excluding tert-OH is 1. The van der Waals surface area contributed by atoms with Gasteiger partial charge in [0.05, 0.1) is 19.0 Å². The molecule has 0 aromatic carbocycles. The Bertz CT molecular complexity index is 723. The standard InChI is InChI=1S/C18H30N6O6/c1-4-9(2)14(18(29)30)24-17(28)13(7-25)23-16(27)12(22-15(26)10(3)19)5-11-6-20-8-21-11/h6,8-10,12-14,25H,4-5,7,19H2,1-3H3,(H,20,21)(H,22,26)(H,23,27)(H,24,28)(H,29,30). The number of aliphatic hydroxyl groups is 1. The molecule has 5 unspecified atom stereocenters. The molecule has 1 rings (SSSR count). The molecule has 1 aromatic heterocycles. The summed E-state index contributed by atoms with van der Waals surface area (Å²) in [5.41, 5.74) is 6.08. The number of carbonyl (C=O) groups excluding carboxylic acids is 3. The van der Waals surface area contributed by atoms with Crippen LogP contribution in [0.2, 0.25) is 0 Å². The molecule has 0 fully saturated rings. The maximum Gasteiger partial charge on any atom is 0.326 e. The summed E-state index contributed by atoms with van der Waals surface area (Å²) in [7, 11) is 0. The zero-order chi connectivity index (χ0) is 22.8. The molecular weight excluding hydrogens is 396 g/mol. The predicted molar refractivity (Wildman–Crippen MR) is 106 cm³/mol. The Hall–Kier alpha value is -2.99. The molecule has 1 aromatic rings. The number of aromatic nitrogens is 2. The van der Waals surface area contributed by atoms with Crippen molar-refractivity contribution < 1.29 is 29.4 Å². The van der Waals surface area contributed by atoms with Crippen LogP contribution >= 0.6 is 0 Å². The molecule has 0 aliphatic heterocycles. The first kappa shape index (κ1) is 25.0. The number of carbonyl (C=O) groups is 4. The Balaban J connectivity index is 2.90. The van der Waals surface area contributed by atoms with Gasteiger partial charge in [0.15, 0.2) is 0 Å². The number of aliphatic carboxylic acids is 1. The molecule has 0 saturated heterocycles. The number of carboxylic acid groups (broad SMARTS) is 1. The second-order valence-corrected chi connectivity index (χ2v) is 7.08. The smallest absolute Gasteiger partial charge is 0.326 e. The van der Waals surface area contributed by atoms with Crippen molar-refractivity contribution in [3.8, 4) is 0 Å². The molecule has 12 heteroatoms. The van der Waals surface area contributed by atoms with Crippen molar-refractivity contribution in [2.24, 2.45) is 11.7 Å². The molecule has 30 heavy (non-hydrogen) atoms. The number of H-pyrrole nitrogens is 1. The minimum absolute atomic E-state index is 0.0364. The second kappa shape index (κ2) is 11.9. The summed E-state index contributed by atoms with van der Waals surface area (Å²) in [6.07, 6.45) is 3.42. The van der Waals surface area contributed by atoms with Crippen LogP contribution < -0.4 is 21.7 Å². The molecule has 0 spiro atoms. The normalized spacial score (nSPS) is 15.9. The number of amides is 3. The Morgan fingerprint density at radius 1 is 1.10 bits per heavy atom. The molecule has 1 heterocycles. The number of imidazole rings is 1. The lowest BCUT2D eigenvalue weighted by Gasteiger charge is -2.25. The van der Waals surface area contributed by atoms with Crippen LogP contribution in [-0.2, 0) is 25.6 Å². The fraction of sp³-hybridized carbons (Fsp3) is 0.611. The first-order valence-corrected chi connectivity index (χ1v) is 9.58. The molecule has 5 atom stereocenters. The number of hydrogen-bond acceptors (Lipinski definition) is 7. The lowest BCUT2D eigenvalue weighted by Crippen LogP contribution is -2.59. The zero-order valence-corrected chi connectivity index (χ0v) is 17.2. The third-order valence-electron chi connectivity index (χ3n) is 4.62. The van der Waals surface area contributed by atoms with Crippen molar-refractivity contribution >= 4 is 23.7 Å². The van der Waals surface area contributed by atoms with E-state index in [4.69, 9.17) is 5.73 Å². The molecule has 8 N–H and O–H groups in total. The van der Waals surface area contributed by atoms with Gasteiger partial charge < -0.3 is 36.9 Å². The first-order valence-electron chi connectivity index (χ1n) is 9.58. The SMILES string of the molecule is CCC(C)C(NC(=O)C(CO)NC(=O)C(Cc1cnc[nH]1)NC(=O)C(C)N)C(=O)O. The first-order chi connectivity index (χ1) is 14.1. The number of nitrogens with two attached hydrogens (primary N) is 1. The van der Waals surface area contributed by atoms with E-state index in [9.17, 15) is 29.4 Å². The van der Waals surface area contributed by atoms with Gasteiger partial charge in [0.1, 0.15) is 18.1 Å². The van der Waals surface area contributed by atoms with Crippen molar-refractivity contribution in [2.45, 2.75) is 57.8 Å². The molecular formula is C18H30N6O6. The molecule has 168 valence electrons. The molecule has 0 aliphatic rings. The highest BCUT2D eigenvalue weighted by molar-refractivity contribution is 5.94. The third kappa shape index (κ3) is 7.44. The second-order valence-electron chi connectivity index (χ2n) is 7.08. The third-order valence-corrected chi connectivity index (χ3v) is 4.62. The van der Waals surface area contributed by atoms with E-state index in [1.54, 1.807) is 13.8 Å². The molecule has 12 nitrogen and oxygen atoms in total. The van der Waals surface area contributed by atoms with Crippen molar-refractivity contribution in [3.05, 3.63) is 18.2 Å². The van der Waals surface area contributed by atoms with E-state index in [-0.39, 0.29) is 12.3 Å². The van der Waals surface area contributed by atoms with Crippen LogP contribution in [0.1, 0.15) is 32.9 Å². The van der Waals surface area contributed by atoms with Gasteiger partial charge in [-0.1, -0.05) is 20.3 Å². The van der Waals surface area contributed by atoms with E-state index in [0.717, 1.165) is 0 Å². The quantitative estimate of drug-likeness (QED) is 0.196. The van der Waals surface area contributed by atoms with Gasteiger partial charge >= 0.3 is 5.97 Å². The van der Waals surface area contributed by atoms with Crippen molar-refractivity contribution in [2.75, 3.05) is 6.61 Å². The van der Waals surface area contributed by atoms with Crippen LogP contribution in [0, 0.1) is 5.92 Å². The van der Waals surface area contributed by atoms with Gasteiger partial charge in [-0.3, -0.25) is 14.4 Å². The average Bonchev–Trinajstić information content (AvgIpc) is 3.21. The van der Waals surface area contributed by atoms with Crippen LogP contribution in [-0.4, -0.2) is 74.6 Å². The molecule has 3 amide bonds. The van der Waals surface area contributed by atoms with Crippen molar-refractivity contribution in [3.63, 3.8) is 0 Å². The predicted octanol–water partition coefficient (Wildman–Crippen LogP) is -2.12. The summed E-state index contributed by atoms with van der Waals surface area (Å²) in [5, 5.41) is 26.0. The summed E-state index contributed by atoms with van der Waals surface area (Å²) in [4.78, 5) is 55.2. The number of carboxylic acids is 1. The molecule has 0 radical (unpaired) electrons. The van der Waals surface area contributed by atoms with Gasteiger partial charge in [-0.15, -0.1) is 0 Å². The fourth-order valence-electron chi connectivity index (χ4n) is 2.53. The summed E-state index contributed by atoms with van der Waals surface area (Å²) in [6.45, 7) is 4.13. The Morgan fingerprint density at radius 2 is 1.70 bits per heavy atom. The van der Waals surface area contributed by atoms with Gasteiger partial charge in [-0.2, -0.15) is 0 Å². The van der Waals surface area contributed by atoms with E-state index in [1.807, 2.05) is 0 Å². The molecule has 0 aliphatic carbocycles. The molecule has 0 saturated carbocycles. The maximum absolute atomic E-state index is 12.7. The van der Waals surface area contributed by atoms with Gasteiger partial charge in [-0.05, 0) is 12.8 Å². The fourth-order valence-corrected chi connectivity index (χ4v) is 2.53. The Kier molecular flexibility index (Phi) is 9.92. The highest BCUT2D eigenvalue weighted by Crippen LogP contribution is 2.08. The maximum atomic E-state index is 12.7. The zero-order valence-electron chi connectivity index (χ0n) is 17.2. The van der Waals surface area contributed by atoms with Crippen LogP contribution in [0.5, 0.6) is 0 Å². The molecule has 0 bridgehead atoms. The Morgan fingerprint density at radius 3 is 2.17 bits per heavy atom. The highest BCUT2D eigenvalue weighted by atomic mass is 16.4. The minimum Gasteiger partial charge on any atom is -0.480 e. The topological polar surface area (TPSA) is 200 Å². The highest BCUT2D eigenvalue weighted by Gasteiger charge is 2.31. The van der Waals surface area contributed by atoms with E-state index in [0.29, 0.717) is 12.1 Å². The number of aromatic amines is 1. The number of nitrogens with zero attached hydrogens (tertiary/aromatic N) is 1. The van der Waals surface area contributed by atoms with Crippen LogP contribution in [0.15, 0.2) is 12.5 Å². The Labute approximate surface area is 174 Å². The number of hydrogen-bond donors (Lipinski definition) is 7. The summed E-state index contributed by atoms with van der Waals surface area (Å²) in [5.74, 6) is -3.76. The minimum atomic E-state index is -1.40.